The van der Waals surface area contributed by atoms with E-state index in [1.165, 1.54) is 20.1 Å². The summed E-state index contributed by atoms with van der Waals surface area (Å²) in [6.45, 7) is 1.46. The van der Waals surface area contributed by atoms with E-state index < -0.39 is 5.97 Å². The van der Waals surface area contributed by atoms with Gasteiger partial charge in [-0.1, -0.05) is 15.9 Å². The fraction of sp³-hybridized carbons (Fsp3) is 0.154. The Morgan fingerprint density at radius 1 is 1.28 bits per heavy atom. The van der Waals surface area contributed by atoms with Crippen LogP contribution < -0.4 is 0 Å². The zero-order chi connectivity index (χ0) is 13.3. The number of hydrogen-bond acceptors (Lipinski definition) is 4. The van der Waals surface area contributed by atoms with E-state index in [1.807, 2.05) is 0 Å². The molecule has 5 heteroatoms. The van der Waals surface area contributed by atoms with Gasteiger partial charge in [0, 0.05) is 15.4 Å². The molecular weight excluding hydrogens is 298 g/mol. The molecule has 0 bridgehead atoms. The molecule has 0 radical (unpaired) electrons. The first-order valence-electron chi connectivity index (χ1n) is 5.22. The van der Waals surface area contributed by atoms with E-state index in [-0.39, 0.29) is 11.5 Å². The van der Waals surface area contributed by atoms with Crippen LogP contribution >= 0.6 is 15.9 Å². The van der Waals surface area contributed by atoms with Gasteiger partial charge >= 0.3 is 5.97 Å². The van der Waals surface area contributed by atoms with Crippen LogP contribution in [0.15, 0.2) is 28.7 Å². The number of rotatable bonds is 2. The summed E-state index contributed by atoms with van der Waals surface area (Å²) in [6.07, 6.45) is 0. The maximum absolute atomic E-state index is 11.6. The molecule has 0 N–H and O–H groups in total. The summed E-state index contributed by atoms with van der Waals surface area (Å²) in [5.41, 5.74) is 1.19. The zero-order valence-electron chi connectivity index (χ0n) is 9.86. The lowest BCUT2D eigenvalue weighted by Gasteiger charge is -2.06. The largest absolute Gasteiger partial charge is 0.464 e. The number of pyridine rings is 1. The Labute approximate surface area is 112 Å². The fourth-order valence-electron chi connectivity index (χ4n) is 1.70. The molecule has 0 unspecified atom stereocenters. The quantitative estimate of drug-likeness (QED) is 0.632. The van der Waals surface area contributed by atoms with Gasteiger partial charge in [-0.3, -0.25) is 4.79 Å². The lowest BCUT2D eigenvalue weighted by atomic mass is 10.0. The number of carbonyl (C=O) groups is 2. The summed E-state index contributed by atoms with van der Waals surface area (Å²) in [5.74, 6) is -0.673. The molecule has 0 aliphatic carbocycles. The Hall–Kier alpha value is -1.75. The van der Waals surface area contributed by atoms with E-state index in [9.17, 15) is 9.59 Å². The number of ether oxygens (including phenoxy) is 1. The van der Waals surface area contributed by atoms with Crippen molar-refractivity contribution in [3.63, 3.8) is 0 Å². The molecule has 0 aliphatic rings. The highest BCUT2D eigenvalue weighted by Crippen LogP contribution is 2.23. The third kappa shape index (κ3) is 2.26. The van der Waals surface area contributed by atoms with Gasteiger partial charge in [0.15, 0.2) is 5.78 Å². The fourth-order valence-corrected chi connectivity index (χ4v) is 2.06. The van der Waals surface area contributed by atoms with Crippen molar-refractivity contribution >= 4 is 38.6 Å². The van der Waals surface area contributed by atoms with Crippen LogP contribution in [0.4, 0.5) is 0 Å². The molecule has 1 aromatic carbocycles. The van der Waals surface area contributed by atoms with Crippen molar-refractivity contribution in [2.24, 2.45) is 0 Å². The van der Waals surface area contributed by atoms with Gasteiger partial charge in [0.05, 0.1) is 12.6 Å². The molecule has 0 saturated carbocycles. The number of carbonyl (C=O) groups excluding carboxylic acids is 2. The number of nitrogens with zero attached hydrogens (tertiary/aromatic N) is 1. The summed E-state index contributed by atoms with van der Waals surface area (Å²) in [5, 5.41) is 0.713. The molecule has 18 heavy (non-hydrogen) atoms. The number of halogens is 1. The van der Waals surface area contributed by atoms with E-state index in [2.05, 4.69) is 25.7 Å². The Morgan fingerprint density at radius 2 is 2.00 bits per heavy atom. The summed E-state index contributed by atoms with van der Waals surface area (Å²) in [4.78, 5) is 27.3. The molecule has 4 nitrogen and oxygen atoms in total. The SMILES string of the molecule is COC(=O)c1cc(C(C)=O)c2cc(Br)ccc2n1. The minimum absolute atomic E-state index is 0.120. The van der Waals surface area contributed by atoms with E-state index in [4.69, 9.17) is 0 Å². The first-order chi connectivity index (χ1) is 8.52. The minimum Gasteiger partial charge on any atom is -0.464 e. The highest BCUT2D eigenvalue weighted by molar-refractivity contribution is 9.10. The number of fused-ring (bicyclic) bond motifs is 1. The van der Waals surface area contributed by atoms with Crippen LogP contribution in [-0.2, 0) is 4.74 Å². The van der Waals surface area contributed by atoms with Gasteiger partial charge in [0.1, 0.15) is 5.69 Å². The molecule has 1 aromatic heterocycles. The van der Waals surface area contributed by atoms with Gasteiger partial charge in [-0.25, -0.2) is 9.78 Å². The van der Waals surface area contributed by atoms with Gasteiger partial charge < -0.3 is 4.74 Å². The minimum atomic E-state index is -0.553. The zero-order valence-corrected chi connectivity index (χ0v) is 11.4. The highest BCUT2D eigenvalue weighted by Gasteiger charge is 2.14. The summed E-state index contributed by atoms with van der Waals surface area (Å²) < 4.78 is 5.47. The van der Waals surface area contributed by atoms with Crippen molar-refractivity contribution in [1.29, 1.82) is 0 Å². The van der Waals surface area contributed by atoms with Crippen LogP contribution in [0.25, 0.3) is 10.9 Å². The predicted octanol–water partition coefficient (Wildman–Crippen LogP) is 2.99. The van der Waals surface area contributed by atoms with Crippen LogP contribution in [0.1, 0.15) is 27.8 Å². The second-order valence-corrected chi connectivity index (χ2v) is 4.68. The molecular formula is C13H10BrNO3. The van der Waals surface area contributed by atoms with Crippen LogP contribution in [0.5, 0.6) is 0 Å². The van der Waals surface area contributed by atoms with Crippen LogP contribution in [0.3, 0.4) is 0 Å². The summed E-state index contributed by atoms with van der Waals surface area (Å²) in [6, 6.07) is 6.82. The van der Waals surface area contributed by atoms with E-state index in [1.54, 1.807) is 18.2 Å². The molecule has 0 amide bonds. The first-order valence-corrected chi connectivity index (χ1v) is 6.02. The second-order valence-electron chi connectivity index (χ2n) is 3.76. The van der Waals surface area contributed by atoms with Crippen molar-refractivity contribution in [3.8, 4) is 0 Å². The van der Waals surface area contributed by atoms with Crippen molar-refractivity contribution in [1.82, 2.24) is 4.98 Å². The third-order valence-electron chi connectivity index (χ3n) is 2.54. The molecule has 0 saturated heterocycles. The molecule has 1 heterocycles. The Morgan fingerprint density at radius 3 is 2.61 bits per heavy atom. The van der Waals surface area contributed by atoms with Crippen molar-refractivity contribution in [2.45, 2.75) is 6.92 Å². The topological polar surface area (TPSA) is 56.3 Å². The van der Waals surface area contributed by atoms with Crippen LogP contribution in [-0.4, -0.2) is 23.8 Å². The average Bonchev–Trinajstić information content (AvgIpc) is 2.36. The maximum atomic E-state index is 11.6. The lowest BCUT2D eigenvalue weighted by molar-refractivity contribution is 0.0594. The van der Waals surface area contributed by atoms with Gasteiger partial charge in [-0.2, -0.15) is 0 Å². The molecule has 0 atom stereocenters. The number of hydrogen-bond donors (Lipinski definition) is 0. The monoisotopic (exact) mass is 307 g/mol. The lowest BCUT2D eigenvalue weighted by Crippen LogP contribution is -2.07. The number of methoxy groups -OCH3 is 1. The standard InChI is InChI=1S/C13H10BrNO3/c1-7(16)9-6-12(13(17)18-2)15-11-4-3-8(14)5-10(9)11/h3-6H,1-2H3. The van der Waals surface area contributed by atoms with Crippen molar-refractivity contribution < 1.29 is 14.3 Å². The number of aromatic nitrogens is 1. The van der Waals surface area contributed by atoms with Gasteiger partial charge in [-0.05, 0) is 31.2 Å². The second kappa shape index (κ2) is 4.86. The number of ketones is 1. The first kappa shape index (κ1) is 12.7. The van der Waals surface area contributed by atoms with Crippen LogP contribution in [0.2, 0.25) is 0 Å². The highest BCUT2D eigenvalue weighted by atomic mass is 79.9. The summed E-state index contributed by atoms with van der Waals surface area (Å²) >= 11 is 3.35. The molecule has 2 aromatic rings. The van der Waals surface area contributed by atoms with Gasteiger partial charge in [-0.15, -0.1) is 0 Å². The van der Waals surface area contributed by atoms with Gasteiger partial charge in [0.25, 0.3) is 0 Å². The molecule has 0 fully saturated rings. The number of esters is 1. The number of Topliss-reactive ketones (excluding diaryl/α,β-unsaturated/α-hetero) is 1. The van der Waals surface area contributed by atoms with E-state index >= 15 is 0 Å². The van der Waals surface area contributed by atoms with E-state index in [0.29, 0.717) is 16.5 Å². The maximum Gasteiger partial charge on any atom is 0.356 e. The normalized spacial score (nSPS) is 10.4. The Kier molecular flexibility index (Phi) is 3.43. The number of benzene rings is 1. The third-order valence-corrected chi connectivity index (χ3v) is 3.04. The van der Waals surface area contributed by atoms with Crippen molar-refractivity contribution in [3.05, 3.63) is 40.0 Å². The molecule has 2 rings (SSSR count). The summed E-state index contributed by atoms with van der Waals surface area (Å²) in [7, 11) is 1.28. The van der Waals surface area contributed by atoms with E-state index in [0.717, 1.165) is 4.47 Å². The molecule has 0 spiro atoms. The van der Waals surface area contributed by atoms with Crippen LogP contribution in [0, 0.1) is 0 Å². The predicted molar refractivity (Wildman–Crippen MR) is 70.8 cm³/mol. The Bertz CT molecular complexity index is 652. The smallest absolute Gasteiger partial charge is 0.356 e. The van der Waals surface area contributed by atoms with Crippen molar-refractivity contribution in [2.75, 3.05) is 7.11 Å². The molecule has 92 valence electrons. The average molecular weight is 308 g/mol. The Balaban J connectivity index is 2.78. The van der Waals surface area contributed by atoms with Gasteiger partial charge in [0.2, 0.25) is 0 Å². The molecule has 0 aliphatic heterocycles.